The Morgan fingerprint density at radius 1 is 1.45 bits per heavy atom. The summed E-state index contributed by atoms with van der Waals surface area (Å²) in [4.78, 5) is 25.1. The first kappa shape index (κ1) is 12.5. The molecule has 1 aromatic heterocycles. The molecule has 1 aliphatic carbocycles. The van der Waals surface area contributed by atoms with Gasteiger partial charge < -0.3 is 10.1 Å². The van der Waals surface area contributed by atoms with Crippen molar-refractivity contribution in [3.8, 4) is 5.75 Å². The van der Waals surface area contributed by atoms with E-state index in [2.05, 4.69) is 20.5 Å². The lowest BCUT2D eigenvalue weighted by Crippen LogP contribution is -2.28. The zero-order valence-electron chi connectivity index (χ0n) is 10.8. The molecule has 20 heavy (non-hydrogen) atoms. The first-order chi connectivity index (χ1) is 9.69. The lowest BCUT2D eigenvalue weighted by atomic mass is 10.1. The van der Waals surface area contributed by atoms with Crippen LogP contribution >= 0.6 is 0 Å². The summed E-state index contributed by atoms with van der Waals surface area (Å²) in [6.45, 7) is 0. The number of carbonyl (C=O) groups excluding carboxylic acids is 1. The van der Waals surface area contributed by atoms with Crippen molar-refractivity contribution in [2.24, 2.45) is 0 Å². The fourth-order valence-corrected chi connectivity index (χ4v) is 2.29. The minimum Gasteiger partial charge on any atom is -0.496 e. The van der Waals surface area contributed by atoms with Gasteiger partial charge in [0.1, 0.15) is 5.75 Å². The minimum absolute atomic E-state index is 0.000627. The molecular formula is C13H14N4O3. The lowest BCUT2D eigenvalue weighted by Gasteiger charge is -2.07. The number of aromatic amines is 2. The van der Waals surface area contributed by atoms with Crippen LogP contribution in [0.4, 0.5) is 0 Å². The first-order valence-electron chi connectivity index (χ1n) is 6.27. The fourth-order valence-electron chi connectivity index (χ4n) is 2.29. The minimum atomic E-state index is -0.493. The third kappa shape index (κ3) is 2.29. The Hall–Kier alpha value is -2.57. The zero-order chi connectivity index (χ0) is 14.1. The highest BCUT2D eigenvalue weighted by Crippen LogP contribution is 2.44. The summed E-state index contributed by atoms with van der Waals surface area (Å²) in [5.41, 5.74) is 0.586. The molecule has 104 valence electrons. The van der Waals surface area contributed by atoms with Crippen molar-refractivity contribution < 1.29 is 9.53 Å². The highest BCUT2D eigenvalue weighted by Gasteiger charge is 2.41. The summed E-state index contributed by atoms with van der Waals surface area (Å²) in [6.07, 6.45) is 0.848. The number of nitrogens with one attached hydrogen (secondary N) is 3. The van der Waals surface area contributed by atoms with Gasteiger partial charge in [-0.2, -0.15) is 0 Å². The molecule has 0 bridgehead atoms. The highest BCUT2D eigenvalue weighted by atomic mass is 16.5. The van der Waals surface area contributed by atoms with Crippen LogP contribution in [0.2, 0.25) is 0 Å². The molecule has 3 N–H and O–H groups in total. The van der Waals surface area contributed by atoms with E-state index in [0.717, 1.165) is 17.7 Å². The molecule has 0 saturated heterocycles. The number of methoxy groups -OCH3 is 1. The highest BCUT2D eigenvalue weighted by molar-refractivity contribution is 5.90. The van der Waals surface area contributed by atoms with Crippen LogP contribution in [0.3, 0.4) is 0 Å². The van der Waals surface area contributed by atoms with E-state index in [4.69, 9.17) is 4.74 Å². The summed E-state index contributed by atoms with van der Waals surface area (Å²) in [5.74, 6) is 0.676. The number of benzene rings is 1. The molecule has 1 aliphatic rings. The van der Waals surface area contributed by atoms with Gasteiger partial charge in [0, 0.05) is 12.0 Å². The van der Waals surface area contributed by atoms with Crippen LogP contribution < -0.4 is 15.7 Å². The number of ether oxygens (including phenoxy) is 1. The summed E-state index contributed by atoms with van der Waals surface area (Å²) < 4.78 is 5.31. The van der Waals surface area contributed by atoms with E-state index in [1.54, 1.807) is 7.11 Å². The SMILES string of the molecule is COc1ccccc1[C@@H]1C[C@@H]1NC(=O)c1n[nH]c(=O)[nH]1. The van der Waals surface area contributed by atoms with Crippen molar-refractivity contribution in [3.05, 3.63) is 46.1 Å². The summed E-state index contributed by atoms with van der Waals surface area (Å²) >= 11 is 0. The second-order valence-electron chi connectivity index (χ2n) is 4.69. The average molecular weight is 274 g/mol. The van der Waals surface area contributed by atoms with Gasteiger partial charge in [-0.3, -0.25) is 9.78 Å². The largest absolute Gasteiger partial charge is 0.496 e. The van der Waals surface area contributed by atoms with E-state index in [0.29, 0.717) is 0 Å². The molecule has 1 heterocycles. The van der Waals surface area contributed by atoms with Crippen molar-refractivity contribution in [1.82, 2.24) is 20.5 Å². The Bertz CT molecular complexity index is 691. The number of amides is 1. The Morgan fingerprint density at radius 3 is 2.95 bits per heavy atom. The topological polar surface area (TPSA) is 99.9 Å². The van der Waals surface area contributed by atoms with E-state index < -0.39 is 5.69 Å². The normalized spacial score (nSPS) is 20.4. The van der Waals surface area contributed by atoms with Crippen LogP contribution in [0.5, 0.6) is 5.75 Å². The lowest BCUT2D eigenvalue weighted by molar-refractivity contribution is 0.0940. The van der Waals surface area contributed by atoms with Gasteiger partial charge in [0.15, 0.2) is 0 Å². The van der Waals surface area contributed by atoms with Gasteiger partial charge in [-0.15, -0.1) is 5.10 Å². The first-order valence-corrected chi connectivity index (χ1v) is 6.27. The van der Waals surface area contributed by atoms with Gasteiger partial charge in [0.05, 0.1) is 7.11 Å². The predicted octanol–water partition coefficient (Wildman–Crippen LogP) is 0.392. The predicted molar refractivity (Wildman–Crippen MR) is 70.8 cm³/mol. The van der Waals surface area contributed by atoms with E-state index in [9.17, 15) is 9.59 Å². The average Bonchev–Trinajstić information content (AvgIpc) is 3.08. The van der Waals surface area contributed by atoms with Crippen molar-refractivity contribution in [2.45, 2.75) is 18.4 Å². The van der Waals surface area contributed by atoms with Crippen LogP contribution in [0, 0.1) is 0 Å². The van der Waals surface area contributed by atoms with Gasteiger partial charge in [0.25, 0.3) is 5.91 Å². The van der Waals surface area contributed by atoms with Crippen molar-refractivity contribution in [2.75, 3.05) is 7.11 Å². The number of rotatable bonds is 4. The summed E-state index contributed by atoms with van der Waals surface area (Å²) in [6, 6.07) is 7.79. The maximum absolute atomic E-state index is 11.8. The van der Waals surface area contributed by atoms with Crippen LogP contribution in [-0.4, -0.2) is 34.2 Å². The molecule has 7 heteroatoms. The molecule has 0 unspecified atom stereocenters. The number of aromatic nitrogens is 3. The Labute approximate surface area is 114 Å². The maximum atomic E-state index is 11.8. The molecule has 1 aromatic carbocycles. The van der Waals surface area contributed by atoms with Gasteiger partial charge >= 0.3 is 5.69 Å². The number of nitrogens with zero attached hydrogens (tertiary/aromatic N) is 1. The maximum Gasteiger partial charge on any atom is 0.341 e. The summed E-state index contributed by atoms with van der Waals surface area (Å²) in [5, 5.41) is 8.60. The van der Waals surface area contributed by atoms with Gasteiger partial charge in [-0.25, -0.2) is 9.89 Å². The molecule has 2 aromatic rings. The fraction of sp³-hybridized carbons (Fsp3) is 0.308. The molecule has 1 fully saturated rings. The molecule has 0 aliphatic heterocycles. The molecule has 1 amide bonds. The third-order valence-corrected chi connectivity index (χ3v) is 3.36. The molecule has 2 atom stereocenters. The second-order valence-corrected chi connectivity index (χ2v) is 4.69. The third-order valence-electron chi connectivity index (χ3n) is 3.36. The van der Waals surface area contributed by atoms with Gasteiger partial charge in [0.2, 0.25) is 5.82 Å². The number of H-pyrrole nitrogens is 2. The van der Waals surface area contributed by atoms with Crippen molar-refractivity contribution in [1.29, 1.82) is 0 Å². The van der Waals surface area contributed by atoms with Gasteiger partial charge in [-0.1, -0.05) is 18.2 Å². The monoisotopic (exact) mass is 274 g/mol. The Morgan fingerprint density at radius 2 is 2.25 bits per heavy atom. The number of carbonyl (C=O) groups is 1. The van der Waals surface area contributed by atoms with Crippen molar-refractivity contribution in [3.63, 3.8) is 0 Å². The number of hydrogen-bond acceptors (Lipinski definition) is 4. The number of hydrogen-bond donors (Lipinski definition) is 3. The standard InChI is InChI=1S/C13H14N4O3/c1-20-10-5-3-2-4-7(10)8-6-9(8)14-12(18)11-15-13(19)17-16-11/h2-5,8-9H,6H2,1H3,(H,14,18)(H2,15,16,17,19)/t8-,9-/m0/s1. The Kier molecular flexibility index (Phi) is 3.02. The van der Waals surface area contributed by atoms with Crippen LogP contribution in [0.25, 0.3) is 0 Å². The van der Waals surface area contributed by atoms with Crippen LogP contribution in [0.1, 0.15) is 28.5 Å². The van der Waals surface area contributed by atoms with E-state index in [1.165, 1.54) is 0 Å². The van der Waals surface area contributed by atoms with Crippen LogP contribution in [-0.2, 0) is 0 Å². The molecule has 7 nitrogen and oxygen atoms in total. The molecule has 0 radical (unpaired) electrons. The second kappa shape index (κ2) is 4.84. The molecule has 0 spiro atoms. The van der Waals surface area contributed by atoms with Gasteiger partial charge in [-0.05, 0) is 18.1 Å². The van der Waals surface area contributed by atoms with E-state index >= 15 is 0 Å². The van der Waals surface area contributed by atoms with Crippen molar-refractivity contribution >= 4 is 5.91 Å². The Balaban J connectivity index is 1.67. The zero-order valence-corrected chi connectivity index (χ0v) is 10.8. The summed E-state index contributed by atoms with van der Waals surface area (Å²) in [7, 11) is 1.63. The number of para-hydroxylation sites is 1. The quantitative estimate of drug-likeness (QED) is 0.751. The van der Waals surface area contributed by atoms with E-state index in [-0.39, 0.29) is 23.7 Å². The molecule has 1 saturated carbocycles. The van der Waals surface area contributed by atoms with Crippen LogP contribution in [0.15, 0.2) is 29.1 Å². The molecular weight excluding hydrogens is 260 g/mol. The molecule has 3 rings (SSSR count). The smallest absolute Gasteiger partial charge is 0.341 e. The van der Waals surface area contributed by atoms with E-state index in [1.807, 2.05) is 24.3 Å².